The Morgan fingerprint density at radius 2 is 1.77 bits per heavy atom. The number of hydrogen-bond acceptors (Lipinski definition) is 3. The van der Waals surface area contributed by atoms with Crippen LogP contribution in [0.25, 0.3) is 22.2 Å². The van der Waals surface area contributed by atoms with Crippen molar-refractivity contribution in [3.8, 4) is 11.3 Å². The number of nitrogens with one attached hydrogen (secondary N) is 3. The molecule has 0 saturated heterocycles. The lowest BCUT2D eigenvalue weighted by Gasteiger charge is -2.10. The zero-order chi connectivity index (χ0) is 20.7. The lowest BCUT2D eigenvalue weighted by molar-refractivity contribution is 0.0955. The second kappa shape index (κ2) is 7.00. The molecule has 0 aliphatic carbocycles. The number of aryl methyl sites for hydroxylation is 1. The number of aromatic amines is 1. The minimum atomic E-state index is -0.319. The van der Waals surface area contributed by atoms with Gasteiger partial charge in [0.05, 0.1) is 17.5 Å². The van der Waals surface area contributed by atoms with E-state index in [1.165, 1.54) is 0 Å². The Balaban J connectivity index is 1.65. The fourth-order valence-electron chi connectivity index (χ4n) is 3.81. The average molecular weight is 394 g/mol. The summed E-state index contributed by atoms with van der Waals surface area (Å²) in [5, 5.41) is 7.77. The van der Waals surface area contributed by atoms with E-state index in [2.05, 4.69) is 20.8 Å². The average Bonchev–Trinajstić information content (AvgIpc) is 3.03. The summed E-state index contributed by atoms with van der Waals surface area (Å²) in [6.45, 7) is 1.89. The topological polar surface area (TPSA) is 86.3 Å². The molecule has 3 aromatic carbocycles. The summed E-state index contributed by atoms with van der Waals surface area (Å²) in [5.74, 6) is -0.541. The number of aromatic nitrogens is 1. The predicted octanol–water partition coefficient (Wildman–Crippen LogP) is 4.47. The Labute approximate surface area is 172 Å². The molecule has 30 heavy (non-hydrogen) atoms. The number of nitrogens with zero attached hydrogens (tertiary/aromatic N) is 1. The Hall–Kier alpha value is -4.19. The molecular formula is C24H18N4O2. The van der Waals surface area contributed by atoms with Crippen LogP contribution >= 0.6 is 0 Å². The number of benzene rings is 3. The van der Waals surface area contributed by atoms with Crippen molar-refractivity contribution in [3.63, 3.8) is 0 Å². The molecule has 0 unspecified atom stereocenters. The third-order valence-electron chi connectivity index (χ3n) is 5.25. The van der Waals surface area contributed by atoms with Crippen LogP contribution in [0.15, 0.2) is 71.8 Å². The predicted molar refractivity (Wildman–Crippen MR) is 118 cm³/mol. The van der Waals surface area contributed by atoms with Crippen LogP contribution in [0.5, 0.6) is 0 Å². The monoisotopic (exact) mass is 394 g/mol. The lowest BCUT2D eigenvalue weighted by Crippen LogP contribution is -2.17. The fraction of sp³-hybridized carbons (Fsp3) is 0.0417. The number of hydrazone groups is 1. The number of anilines is 1. The van der Waals surface area contributed by atoms with Crippen molar-refractivity contribution >= 4 is 34.6 Å². The highest BCUT2D eigenvalue weighted by molar-refractivity contribution is 6.18. The van der Waals surface area contributed by atoms with Gasteiger partial charge in [-0.05, 0) is 36.2 Å². The molecule has 6 heteroatoms. The first-order valence-corrected chi connectivity index (χ1v) is 9.57. The van der Waals surface area contributed by atoms with Gasteiger partial charge in [0.15, 0.2) is 0 Å². The molecule has 1 aliphatic rings. The van der Waals surface area contributed by atoms with Gasteiger partial charge in [-0.25, -0.2) is 5.43 Å². The molecule has 0 bridgehead atoms. The summed E-state index contributed by atoms with van der Waals surface area (Å²) in [4.78, 5) is 28.8. The molecule has 6 nitrogen and oxygen atoms in total. The second-order valence-corrected chi connectivity index (χ2v) is 7.19. The van der Waals surface area contributed by atoms with Gasteiger partial charge < -0.3 is 10.3 Å². The maximum absolute atomic E-state index is 12.8. The number of H-pyrrole nitrogens is 1. The summed E-state index contributed by atoms with van der Waals surface area (Å²) in [7, 11) is 0. The maximum atomic E-state index is 12.8. The zero-order valence-corrected chi connectivity index (χ0v) is 16.2. The van der Waals surface area contributed by atoms with E-state index in [4.69, 9.17) is 0 Å². The summed E-state index contributed by atoms with van der Waals surface area (Å²) >= 11 is 0. The van der Waals surface area contributed by atoms with Crippen LogP contribution in [0.1, 0.15) is 31.8 Å². The van der Waals surface area contributed by atoms with E-state index in [0.717, 1.165) is 33.3 Å². The lowest BCUT2D eigenvalue weighted by atomic mass is 10.0. The van der Waals surface area contributed by atoms with Crippen molar-refractivity contribution in [1.82, 2.24) is 10.4 Å². The van der Waals surface area contributed by atoms with Gasteiger partial charge in [-0.2, -0.15) is 5.10 Å². The first kappa shape index (κ1) is 17.9. The number of amides is 2. The number of rotatable bonds is 3. The van der Waals surface area contributed by atoms with Crippen LogP contribution in [0.4, 0.5) is 5.69 Å². The number of hydrogen-bond donors (Lipinski definition) is 3. The Bertz CT molecular complexity index is 1340. The van der Waals surface area contributed by atoms with Crippen molar-refractivity contribution in [2.45, 2.75) is 6.92 Å². The highest BCUT2D eigenvalue weighted by Gasteiger charge is 2.22. The zero-order valence-electron chi connectivity index (χ0n) is 16.2. The second-order valence-electron chi connectivity index (χ2n) is 7.19. The highest BCUT2D eigenvalue weighted by atomic mass is 16.2. The quantitative estimate of drug-likeness (QED) is 0.479. The van der Waals surface area contributed by atoms with Crippen LogP contribution in [0.2, 0.25) is 0 Å². The molecule has 0 spiro atoms. The molecule has 5 rings (SSSR count). The van der Waals surface area contributed by atoms with Gasteiger partial charge in [0, 0.05) is 27.7 Å². The molecule has 1 aliphatic heterocycles. The molecular weight excluding hydrogens is 376 g/mol. The van der Waals surface area contributed by atoms with Crippen LogP contribution in [0, 0.1) is 6.92 Å². The van der Waals surface area contributed by atoms with Crippen molar-refractivity contribution in [3.05, 3.63) is 89.0 Å². The van der Waals surface area contributed by atoms with E-state index in [1.807, 2.05) is 61.5 Å². The van der Waals surface area contributed by atoms with Crippen molar-refractivity contribution in [1.29, 1.82) is 0 Å². The maximum Gasteiger partial charge on any atom is 0.272 e. The van der Waals surface area contributed by atoms with Gasteiger partial charge in [0.25, 0.3) is 11.8 Å². The SMILES string of the molecule is Cc1ccccc1C(=O)Nc1cc2c3c(c(-c4ccccc4)[nH]c3c1)C=NNC2=O. The number of carbonyl (C=O) groups excluding carboxylic acids is 2. The molecule has 146 valence electrons. The Kier molecular flexibility index (Phi) is 4.17. The molecule has 4 aromatic rings. The smallest absolute Gasteiger partial charge is 0.272 e. The summed E-state index contributed by atoms with van der Waals surface area (Å²) in [6.07, 6.45) is 1.65. The molecule has 2 amide bonds. The molecule has 0 atom stereocenters. The molecule has 0 radical (unpaired) electrons. The van der Waals surface area contributed by atoms with E-state index in [1.54, 1.807) is 18.3 Å². The standard InChI is InChI=1S/C24H18N4O2/c1-14-7-5-6-10-17(14)23(29)26-16-11-18-21-19(13-25-28-24(18)30)22(27-20(21)12-16)15-8-3-2-4-9-15/h2-13,27H,1H3,(H,26,29)(H,28,30). The van der Waals surface area contributed by atoms with Gasteiger partial charge in [0.2, 0.25) is 0 Å². The Morgan fingerprint density at radius 1 is 1.00 bits per heavy atom. The first-order chi connectivity index (χ1) is 14.6. The minimum absolute atomic E-state index is 0.222. The highest BCUT2D eigenvalue weighted by Crippen LogP contribution is 2.34. The van der Waals surface area contributed by atoms with E-state index >= 15 is 0 Å². The van der Waals surface area contributed by atoms with Gasteiger partial charge in [-0.15, -0.1) is 0 Å². The molecule has 0 saturated carbocycles. The van der Waals surface area contributed by atoms with Gasteiger partial charge in [0.1, 0.15) is 0 Å². The van der Waals surface area contributed by atoms with Crippen molar-refractivity contribution < 1.29 is 9.59 Å². The summed E-state index contributed by atoms with van der Waals surface area (Å²) < 4.78 is 0. The number of carbonyl (C=O) groups is 2. The van der Waals surface area contributed by atoms with Crippen LogP contribution in [-0.2, 0) is 0 Å². The first-order valence-electron chi connectivity index (χ1n) is 9.57. The molecule has 2 heterocycles. The fourth-order valence-corrected chi connectivity index (χ4v) is 3.81. The van der Waals surface area contributed by atoms with Crippen LogP contribution in [0.3, 0.4) is 0 Å². The van der Waals surface area contributed by atoms with Gasteiger partial charge >= 0.3 is 0 Å². The van der Waals surface area contributed by atoms with E-state index in [-0.39, 0.29) is 11.8 Å². The van der Waals surface area contributed by atoms with Crippen molar-refractivity contribution in [2.75, 3.05) is 5.32 Å². The normalized spacial score (nSPS) is 12.5. The third-order valence-corrected chi connectivity index (χ3v) is 5.25. The van der Waals surface area contributed by atoms with E-state index < -0.39 is 0 Å². The largest absolute Gasteiger partial charge is 0.354 e. The molecule has 1 aromatic heterocycles. The molecule has 3 N–H and O–H groups in total. The summed E-state index contributed by atoms with van der Waals surface area (Å²) in [6, 6.07) is 20.8. The van der Waals surface area contributed by atoms with Crippen LogP contribution < -0.4 is 10.7 Å². The van der Waals surface area contributed by atoms with E-state index in [0.29, 0.717) is 16.8 Å². The third kappa shape index (κ3) is 2.95. The van der Waals surface area contributed by atoms with Gasteiger partial charge in [-0.3, -0.25) is 9.59 Å². The minimum Gasteiger partial charge on any atom is -0.354 e. The molecule has 0 fully saturated rings. The van der Waals surface area contributed by atoms with Gasteiger partial charge in [-0.1, -0.05) is 48.5 Å². The van der Waals surface area contributed by atoms with Crippen molar-refractivity contribution in [2.24, 2.45) is 5.10 Å². The summed E-state index contributed by atoms with van der Waals surface area (Å²) in [5.41, 5.74) is 8.46. The van der Waals surface area contributed by atoms with E-state index in [9.17, 15) is 9.59 Å². The Morgan fingerprint density at radius 3 is 2.57 bits per heavy atom. The van der Waals surface area contributed by atoms with Crippen LogP contribution in [-0.4, -0.2) is 23.0 Å².